The van der Waals surface area contributed by atoms with Gasteiger partial charge < -0.3 is 9.13 Å². The highest BCUT2D eigenvalue weighted by molar-refractivity contribution is 6.25. The monoisotopic (exact) mass is 729 g/mol. The van der Waals surface area contributed by atoms with Crippen LogP contribution in [0.1, 0.15) is 5.56 Å². The molecule has 0 N–H and O–H groups in total. The second-order valence-electron chi connectivity index (χ2n) is 14.6. The largest absolute Gasteiger partial charge is 0.316 e. The van der Waals surface area contributed by atoms with Crippen LogP contribution in [0.25, 0.3) is 100 Å². The van der Waals surface area contributed by atoms with E-state index in [0.717, 1.165) is 50.3 Å². The third-order valence-electron chi connectivity index (χ3n) is 11.0. The normalized spacial score (nSPS) is 11.6. The Morgan fingerprint density at radius 1 is 0.386 bits per heavy atom. The molecule has 0 amide bonds. The van der Waals surface area contributed by atoms with Crippen LogP contribution in [-0.4, -0.2) is 24.1 Å². The molecule has 0 atom stereocenters. The van der Waals surface area contributed by atoms with Gasteiger partial charge >= 0.3 is 0 Å². The average molecular weight is 730 g/mol. The first-order valence-corrected chi connectivity index (χ1v) is 19.3. The van der Waals surface area contributed by atoms with Crippen molar-refractivity contribution in [3.05, 3.63) is 200 Å². The van der Waals surface area contributed by atoms with Gasteiger partial charge in [0.1, 0.15) is 0 Å². The van der Waals surface area contributed by atoms with Crippen molar-refractivity contribution in [3.8, 4) is 56.7 Å². The number of nitrogens with zero attached hydrogens (tertiary/aromatic N) is 5. The van der Waals surface area contributed by atoms with E-state index in [-0.39, 0.29) is 0 Å². The van der Waals surface area contributed by atoms with Crippen molar-refractivity contribution in [1.82, 2.24) is 24.1 Å². The molecule has 5 nitrogen and oxygen atoms in total. The quantitative estimate of drug-likeness (QED) is 0.171. The van der Waals surface area contributed by atoms with Gasteiger partial charge in [-0.1, -0.05) is 127 Å². The molecule has 0 aliphatic carbocycles. The highest BCUT2D eigenvalue weighted by Crippen LogP contribution is 2.41. The topological polar surface area (TPSA) is 48.5 Å². The van der Waals surface area contributed by atoms with Gasteiger partial charge in [-0.05, 0) is 89.7 Å². The smallest absolute Gasteiger partial charge is 0.164 e. The number of rotatable bonds is 6. The molecule has 0 bridgehead atoms. The van der Waals surface area contributed by atoms with Gasteiger partial charge in [0.2, 0.25) is 0 Å². The van der Waals surface area contributed by atoms with Crippen molar-refractivity contribution in [2.75, 3.05) is 0 Å². The molecule has 11 aromatic rings. The first-order chi connectivity index (χ1) is 28.2. The van der Waals surface area contributed by atoms with E-state index in [9.17, 15) is 0 Å². The lowest BCUT2D eigenvalue weighted by atomic mass is 9.97. The highest BCUT2D eigenvalue weighted by Gasteiger charge is 2.19. The van der Waals surface area contributed by atoms with Crippen LogP contribution >= 0.6 is 0 Å². The number of aromatic nitrogens is 5. The minimum absolute atomic E-state index is 0.644. The van der Waals surface area contributed by atoms with Crippen LogP contribution < -0.4 is 0 Å². The highest BCUT2D eigenvalue weighted by atomic mass is 15.0. The maximum absolute atomic E-state index is 5.06. The fraction of sp³-hybridized carbons (Fsp3) is 0.0192. The van der Waals surface area contributed by atoms with E-state index in [1.165, 1.54) is 38.0 Å². The van der Waals surface area contributed by atoms with E-state index in [2.05, 4.69) is 150 Å². The van der Waals surface area contributed by atoms with Gasteiger partial charge in [0, 0.05) is 55.8 Å². The minimum atomic E-state index is 0.644. The number of para-hydroxylation sites is 2. The Morgan fingerprint density at radius 2 is 0.947 bits per heavy atom. The Balaban J connectivity index is 1.13. The third-order valence-corrected chi connectivity index (χ3v) is 11.0. The van der Waals surface area contributed by atoms with Gasteiger partial charge in [-0.3, -0.25) is 0 Å². The number of benzene rings is 8. The Hall–Kier alpha value is -7.63. The number of hydrogen-bond donors (Lipinski definition) is 0. The summed E-state index contributed by atoms with van der Waals surface area (Å²) in [7, 11) is 0. The van der Waals surface area contributed by atoms with E-state index in [4.69, 9.17) is 15.0 Å². The zero-order chi connectivity index (χ0) is 37.9. The van der Waals surface area contributed by atoms with E-state index >= 15 is 0 Å². The molecule has 0 aliphatic heterocycles. The maximum Gasteiger partial charge on any atom is 0.164 e. The second kappa shape index (κ2) is 13.3. The van der Waals surface area contributed by atoms with Crippen molar-refractivity contribution in [2.45, 2.75) is 6.92 Å². The summed E-state index contributed by atoms with van der Waals surface area (Å²) < 4.78 is 4.71. The summed E-state index contributed by atoms with van der Waals surface area (Å²) in [4.78, 5) is 15.0. The van der Waals surface area contributed by atoms with Crippen molar-refractivity contribution in [3.63, 3.8) is 0 Å². The van der Waals surface area contributed by atoms with Crippen molar-refractivity contribution in [2.24, 2.45) is 0 Å². The maximum atomic E-state index is 5.06. The fourth-order valence-electron chi connectivity index (χ4n) is 8.41. The zero-order valence-corrected chi connectivity index (χ0v) is 31.2. The molecule has 11 rings (SSSR count). The van der Waals surface area contributed by atoms with Gasteiger partial charge in [-0.25, -0.2) is 15.0 Å². The molecule has 3 aromatic heterocycles. The zero-order valence-electron chi connectivity index (χ0n) is 31.2. The predicted molar refractivity (Wildman–Crippen MR) is 235 cm³/mol. The van der Waals surface area contributed by atoms with Crippen LogP contribution in [0.4, 0.5) is 0 Å². The van der Waals surface area contributed by atoms with Gasteiger partial charge in [0.15, 0.2) is 17.5 Å². The SMILES string of the molecule is Cc1cc(-c2ccc3c(c2)c2c4ccc5ccn(-c6ccccc6)c5c4ccc2n3-c2ccccc2)cc(-c2nc(-c3ccccc3)nc(-c3ccccc3)n2)c1. The van der Waals surface area contributed by atoms with E-state index in [1.54, 1.807) is 0 Å². The van der Waals surface area contributed by atoms with E-state index in [1.807, 2.05) is 60.7 Å². The van der Waals surface area contributed by atoms with E-state index < -0.39 is 0 Å². The molecule has 0 saturated heterocycles. The molecule has 0 unspecified atom stereocenters. The molecule has 0 saturated carbocycles. The van der Waals surface area contributed by atoms with Gasteiger partial charge in [-0.15, -0.1) is 0 Å². The molecular weight excluding hydrogens is 695 g/mol. The van der Waals surface area contributed by atoms with Crippen molar-refractivity contribution < 1.29 is 0 Å². The summed E-state index contributed by atoms with van der Waals surface area (Å²) in [5.74, 6) is 1.94. The lowest BCUT2D eigenvalue weighted by Gasteiger charge is -2.11. The summed E-state index contributed by atoms with van der Waals surface area (Å²) in [5, 5.41) is 6.11. The van der Waals surface area contributed by atoms with Crippen LogP contribution in [0, 0.1) is 6.92 Å². The standard InChI is InChI=1S/C52H35N5/c1-34-30-39(32-40(31-34)52-54-50(36-14-6-2-7-15-36)53-51(55-52)37-16-8-3-9-17-37)38-23-26-46-45(33-38)48-43-24-22-35-28-29-56(41-18-10-4-11-19-41)49(35)44(43)25-27-47(48)57(46)42-20-12-5-13-21-42/h2-33H,1H3. The average Bonchev–Trinajstić information content (AvgIpc) is 3.87. The lowest BCUT2D eigenvalue weighted by Crippen LogP contribution is -2.00. The molecule has 0 radical (unpaired) electrons. The molecule has 8 aromatic carbocycles. The summed E-state index contributed by atoms with van der Waals surface area (Å²) in [5.41, 5.74) is 12.0. The Labute approximate surface area is 329 Å². The van der Waals surface area contributed by atoms with E-state index in [0.29, 0.717) is 17.5 Å². The molecular formula is C52H35N5. The number of fused-ring (bicyclic) bond motifs is 7. The van der Waals surface area contributed by atoms with Crippen LogP contribution in [0.15, 0.2) is 194 Å². The molecule has 0 spiro atoms. The van der Waals surface area contributed by atoms with Crippen LogP contribution in [0.2, 0.25) is 0 Å². The van der Waals surface area contributed by atoms with Crippen LogP contribution in [0.3, 0.4) is 0 Å². The van der Waals surface area contributed by atoms with Gasteiger partial charge in [0.25, 0.3) is 0 Å². The number of hydrogen-bond acceptors (Lipinski definition) is 3. The predicted octanol–water partition coefficient (Wildman–Crippen LogP) is 13.0. The molecule has 5 heteroatoms. The summed E-state index contributed by atoms with van der Waals surface area (Å²) in [6.45, 7) is 2.14. The molecule has 0 fully saturated rings. The van der Waals surface area contributed by atoms with Crippen LogP contribution in [0.5, 0.6) is 0 Å². The molecule has 3 heterocycles. The second-order valence-corrected chi connectivity index (χ2v) is 14.6. The fourth-order valence-corrected chi connectivity index (χ4v) is 8.41. The van der Waals surface area contributed by atoms with Gasteiger partial charge in [-0.2, -0.15) is 0 Å². The molecule has 0 aliphatic rings. The van der Waals surface area contributed by atoms with Gasteiger partial charge in [0.05, 0.1) is 16.6 Å². The molecule has 268 valence electrons. The Bertz CT molecular complexity index is 3220. The summed E-state index contributed by atoms with van der Waals surface area (Å²) >= 11 is 0. The number of aryl methyl sites for hydroxylation is 1. The first-order valence-electron chi connectivity index (χ1n) is 19.3. The van der Waals surface area contributed by atoms with Crippen molar-refractivity contribution >= 4 is 43.5 Å². The van der Waals surface area contributed by atoms with Crippen molar-refractivity contribution in [1.29, 1.82) is 0 Å². The first kappa shape index (κ1) is 32.8. The summed E-state index contributed by atoms with van der Waals surface area (Å²) in [6.07, 6.45) is 2.18. The Kier molecular flexibility index (Phi) is 7.64. The third kappa shape index (κ3) is 5.59. The Morgan fingerprint density at radius 3 is 1.61 bits per heavy atom. The lowest BCUT2D eigenvalue weighted by molar-refractivity contribution is 1.07. The minimum Gasteiger partial charge on any atom is -0.316 e. The van der Waals surface area contributed by atoms with Crippen LogP contribution in [-0.2, 0) is 0 Å². The summed E-state index contributed by atoms with van der Waals surface area (Å²) in [6, 6.07) is 66.5. The molecule has 57 heavy (non-hydrogen) atoms.